The van der Waals surface area contributed by atoms with Crippen LogP contribution in [0.2, 0.25) is 0 Å². The summed E-state index contributed by atoms with van der Waals surface area (Å²) in [6.45, 7) is 6.17. The molecule has 0 aromatic rings. The zero-order valence-electron chi connectivity index (χ0n) is 12.2. The van der Waals surface area contributed by atoms with Crippen molar-refractivity contribution in [2.45, 2.75) is 85.0 Å². The molecule has 2 aliphatic carbocycles. The standard InChI is InChI=1S/C8H16.C6H12.C2H3N/c1-7-4-3-5-8(2)6-7;1-2-4-6-5-3-1;1-2-3/h7-8H,3-6H2,1-2H3;1-6H2;1H3. The number of hydrogen-bond donors (Lipinski definition) is 0. The van der Waals surface area contributed by atoms with Crippen LogP contribution in [0.25, 0.3) is 0 Å². The molecular weight excluding hydrogens is 206 g/mol. The molecule has 0 aromatic heterocycles. The van der Waals surface area contributed by atoms with Crippen LogP contribution >= 0.6 is 0 Å². The molecule has 2 saturated carbocycles. The number of hydrogen-bond acceptors (Lipinski definition) is 1. The van der Waals surface area contributed by atoms with Crippen molar-refractivity contribution in [2.24, 2.45) is 11.8 Å². The smallest absolute Gasteiger partial charge is 0.0587 e. The van der Waals surface area contributed by atoms with Gasteiger partial charge in [-0.2, -0.15) is 5.26 Å². The van der Waals surface area contributed by atoms with Crippen molar-refractivity contribution < 1.29 is 0 Å². The summed E-state index contributed by atoms with van der Waals surface area (Å²) in [5.74, 6) is 2.03. The molecule has 1 heteroatoms. The lowest BCUT2D eigenvalue weighted by Crippen LogP contribution is -2.09. The van der Waals surface area contributed by atoms with E-state index in [9.17, 15) is 0 Å². The van der Waals surface area contributed by atoms with E-state index in [1.807, 2.05) is 0 Å². The van der Waals surface area contributed by atoms with E-state index in [1.54, 1.807) is 6.07 Å². The lowest BCUT2D eigenvalue weighted by molar-refractivity contribution is 0.301. The van der Waals surface area contributed by atoms with Gasteiger partial charge in [-0.05, 0) is 18.3 Å². The third kappa shape index (κ3) is 11.7. The highest BCUT2D eigenvalue weighted by Gasteiger charge is 2.13. The Kier molecular flexibility index (Phi) is 11.6. The normalized spacial score (nSPS) is 27.6. The molecule has 0 aliphatic heterocycles. The molecule has 0 bridgehead atoms. The fraction of sp³-hybridized carbons (Fsp3) is 0.938. The average Bonchev–Trinajstić information content (AvgIpc) is 2.33. The Morgan fingerprint density at radius 2 is 1.06 bits per heavy atom. The number of nitriles is 1. The predicted octanol–water partition coefficient (Wildman–Crippen LogP) is 5.70. The molecule has 0 aromatic carbocycles. The molecule has 0 radical (unpaired) electrons. The molecule has 0 N–H and O–H groups in total. The molecule has 17 heavy (non-hydrogen) atoms. The van der Waals surface area contributed by atoms with Gasteiger partial charge in [-0.3, -0.25) is 0 Å². The van der Waals surface area contributed by atoms with E-state index in [4.69, 9.17) is 5.26 Å². The Labute approximate surface area is 109 Å². The summed E-state index contributed by atoms with van der Waals surface area (Å²) in [6.07, 6.45) is 14.9. The molecule has 0 amide bonds. The second kappa shape index (κ2) is 12.0. The Morgan fingerprint density at radius 1 is 0.765 bits per heavy atom. The highest BCUT2D eigenvalue weighted by Crippen LogP contribution is 2.27. The first-order valence-electron chi connectivity index (χ1n) is 7.51. The molecule has 2 unspecified atom stereocenters. The Bertz CT molecular complexity index is 169. The van der Waals surface area contributed by atoms with Gasteiger partial charge in [-0.1, -0.05) is 71.6 Å². The topological polar surface area (TPSA) is 23.8 Å². The van der Waals surface area contributed by atoms with Crippen molar-refractivity contribution >= 4 is 0 Å². The van der Waals surface area contributed by atoms with Gasteiger partial charge in [0.05, 0.1) is 6.07 Å². The molecule has 0 saturated heterocycles. The van der Waals surface area contributed by atoms with Crippen LogP contribution in [0.5, 0.6) is 0 Å². The van der Waals surface area contributed by atoms with Crippen LogP contribution in [0.15, 0.2) is 0 Å². The first-order valence-corrected chi connectivity index (χ1v) is 7.51. The summed E-state index contributed by atoms with van der Waals surface area (Å²) >= 11 is 0. The molecule has 0 heterocycles. The third-order valence-electron chi connectivity index (χ3n) is 3.70. The fourth-order valence-corrected chi connectivity index (χ4v) is 2.80. The maximum atomic E-state index is 7.32. The van der Waals surface area contributed by atoms with E-state index in [0.29, 0.717) is 0 Å². The highest BCUT2D eigenvalue weighted by atomic mass is 14.2. The summed E-state index contributed by atoms with van der Waals surface area (Å²) in [4.78, 5) is 0. The van der Waals surface area contributed by atoms with Gasteiger partial charge in [0.2, 0.25) is 0 Å². The molecule has 0 spiro atoms. The first-order chi connectivity index (χ1) is 8.20. The van der Waals surface area contributed by atoms with Crippen LogP contribution < -0.4 is 0 Å². The molecule has 1 nitrogen and oxygen atoms in total. The largest absolute Gasteiger partial charge is 0.199 e. The second-order valence-corrected chi connectivity index (χ2v) is 5.72. The van der Waals surface area contributed by atoms with Gasteiger partial charge in [0.25, 0.3) is 0 Å². The Hall–Kier alpha value is -0.510. The van der Waals surface area contributed by atoms with Gasteiger partial charge in [0, 0.05) is 6.92 Å². The van der Waals surface area contributed by atoms with Crippen molar-refractivity contribution in [3.05, 3.63) is 0 Å². The van der Waals surface area contributed by atoms with Crippen molar-refractivity contribution in [3.8, 4) is 6.07 Å². The summed E-state index contributed by atoms with van der Waals surface area (Å²) in [5.41, 5.74) is 0. The van der Waals surface area contributed by atoms with Gasteiger partial charge < -0.3 is 0 Å². The van der Waals surface area contributed by atoms with Crippen LogP contribution in [-0.4, -0.2) is 0 Å². The number of nitrogens with zero attached hydrogens (tertiary/aromatic N) is 1. The van der Waals surface area contributed by atoms with Crippen LogP contribution in [0.4, 0.5) is 0 Å². The van der Waals surface area contributed by atoms with Gasteiger partial charge >= 0.3 is 0 Å². The van der Waals surface area contributed by atoms with Gasteiger partial charge in [-0.15, -0.1) is 0 Å². The minimum atomic E-state index is 1.01. The van der Waals surface area contributed by atoms with Crippen LogP contribution in [0.1, 0.15) is 85.0 Å². The average molecular weight is 237 g/mol. The molecule has 100 valence electrons. The van der Waals surface area contributed by atoms with Crippen molar-refractivity contribution in [1.29, 1.82) is 5.26 Å². The van der Waals surface area contributed by atoms with Gasteiger partial charge in [0.1, 0.15) is 0 Å². The van der Waals surface area contributed by atoms with Crippen LogP contribution in [-0.2, 0) is 0 Å². The van der Waals surface area contributed by atoms with E-state index >= 15 is 0 Å². The minimum absolute atomic E-state index is 1.01. The molecule has 2 atom stereocenters. The summed E-state index contributed by atoms with van der Waals surface area (Å²) < 4.78 is 0. The lowest BCUT2D eigenvalue weighted by atomic mass is 9.84. The van der Waals surface area contributed by atoms with E-state index in [-0.39, 0.29) is 0 Å². The van der Waals surface area contributed by atoms with Gasteiger partial charge in [0.15, 0.2) is 0 Å². The molecule has 2 aliphatic rings. The molecular formula is C16H31N. The predicted molar refractivity (Wildman–Crippen MR) is 75.8 cm³/mol. The summed E-state index contributed by atoms with van der Waals surface area (Å²) in [6, 6.07) is 1.75. The number of rotatable bonds is 0. The Morgan fingerprint density at radius 3 is 1.24 bits per heavy atom. The maximum absolute atomic E-state index is 7.32. The third-order valence-corrected chi connectivity index (χ3v) is 3.70. The molecule has 2 rings (SSSR count). The fourth-order valence-electron chi connectivity index (χ4n) is 2.80. The van der Waals surface area contributed by atoms with Crippen LogP contribution in [0, 0.1) is 23.2 Å². The van der Waals surface area contributed by atoms with Crippen LogP contribution in [0.3, 0.4) is 0 Å². The summed E-state index contributed by atoms with van der Waals surface area (Å²) in [7, 11) is 0. The van der Waals surface area contributed by atoms with Crippen molar-refractivity contribution in [3.63, 3.8) is 0 Å². The van der Waals surface area contributed by atoms with E-state index in [2.05, 4.69) is 13.8 Å². The zero-order chi connectivity index (χ0) is 12.9. The van der Waals surface area contributed by atoms with Gasteiger partial charge in [-0.25, -0.2) is 0 Å². The monoisotopic (exact) mass is 237 g/mol. The maximum Gasteiger partial charge on any atom is 0.0587 e. The zero-order valence-corrected chi connectivity index (χ0v) is 12.2. The first kappa shape index (κ1) is 16.5. The minimum Gasteiger partial charge on any atom is -0.199 e. The quantitative estimate of drug-likeness (QED) is 0.530. The second-order valence-electron chi connectivity index (χ2n) is 5.72. The van der Waals surface area contributed by atoms with Crippen molar-refractivity contribution in [2.75, 3.05) is 0 Å². The highest BCUT2D eigenvalue weighted by molar-refractivity contribution is 4.66. The van der Waals surface area contributed by atoms with E-state index in [1.165, 1.54) is 71.1 Å². The van der Waals surface area contributed by atoms with E-state index in [0.717, 1.165) is 11.8 Å². The summed E-state index contributed by atoms with van der Waals surface area (Å²) in [5, 5.41) is 7.32. The Balaban J connectivity index is 0.000000252. The van der Waals surface area contributed by atoms with Crippen molar-refractivity contribution in [1.82, 2.24) is 0 Å². The SMILES string of the molecule is C1CCCCC1.CC#N.CC1CCCC(C)C1. The molecule has 2 fully saturated rings. The van der Waals surface area contributed by atoms with E-state index < -0.39 is 0 Å². The lowest BCUT2D eigenvalue weighted by Gasteiger charge is -2.22.